The molecule has 0 atom stereocenters. The molecule has 2 aromatic carbocycles. The van der Waals surface area contributed by atoms with Gasteiger partial charge in [0.15, 0.2) is 5.82 Å². The van der Waals surface area contributed by atoms with Crippen LogP contribution in [0, 0.1) is 12.7 Å². The van der Waals surface area contributed by atoms with E-state index in [4.69, 9.17) is 25.8 Å². The molecule has 4 rings (SSSR count). The molecular formula is C26H26ClFN4O4. The molecule has 0 amide bonds. The molecule has 36 heavy (non-hydrogen) atoms. The van der Waals surface area contributed by atoms with E-state index in [2.05, 4.69) is 15.5 Å². The van der Waals surface area contributed by atoms with Gasteiger partial charge in [-0.3, -0.25) is 0 Å². The van der Waals surface area contributed by atoms with Crippen LogP contribution in [0.15, 0.2) is 48.7 Å². The topological polar surface area (TPSA) is 87.5 Å². The summed E-state index contributed by atoms with van der Waals surface area (Å²) in [5.41, 5.74) is 3.23. The molecule has 0 spiro atoms. The van der Waals surface area contributed by atoms with Crippen LogP contribution in [0.25, 0.3) is 10.9 Å². The molecule has 2 heterocycles. The zero-order valence-electron chi connectivity index (χ0n) is 20.2. The Labute approximate surface area is 212 Å². The fraction of sp³-hybridized carbons (Fsp3) is 0.269. The fourth-order valence-electron chi connectivity index (χ4n) is 3.98. The number of carbonyl (C=O) groups excluding carboxylic acids is 1. The van der Waals surface area contributed by atoms with Gasteiger partial charge in [-0.1, -0.05) is 23.7 Å². The summed E-state index contributed by atoms with van der Waals surface area (Å²) in [6.45, 7) is 4.91. The lowest BCUT2D eigenvalue weighted by atomic mass is 10.2. The third-order valence-electron chi connectivity index (χ3n) is 5.59. The van der Waals surface area contributed by atoms with Gasteiger partial charge >= 0.3 is 5.97 Å². The van der Waals surface area contributed by atoms with Crippen molar-refractivity contribution < 1.29 is 23.4 Å². The third-order valence-corrected chi connectivity index (χ3v) is 5.88. The average molecular weight is 513 g/mol. The highest BCUT2D eigenvalue weighted by Crippen LogP contribution is 2.34. The molecule has 0 saturated heterocycles. The van der Waals surface area contributed by atoms with E-state index in [1.807, 2.05) is 11.5 Å². The van der Waals surface area contributed by atoms with Crippen molar-refractivity contribution >= 4 is 40.0 Å². The van der Waals surface area contributed by atoms with Crippen molar-refractivity contribution in [1.82, 2.24) is 14.8 Å². The Morgan fingerprint density at radius 3 is 2.78 bits per heavy atom. The Balaban J connectivity index is 1.62. The number of aryl methyl sites for hydroxylation is 1. The standard InChI is InChI=1S/C26H26ClFN4O4/c1-4-35-26(33)24-16(2)23-21(32(24)10-11-34-3)14-29-31-25(23)30-19-8-9-22(20(27)13-19)36-15-17-6-5-7-18(28)12-17/h5-9,12-14H,4,10-11,15H2,1-3H3,(H,30,31). The van der Waals surface area contributed by atoms with Gasteiger partial charge in [-0.05, 0) is 55.3 Å². The minimum absolute atomic E-state index is 0.180. The summed E-state index contributed by atoms with van der Waals surface area (Å²) in [7, 11) is 1.60. The van der Waals surface area contributed by atoms with Crippen molar-refractivity contribution in [3.63, 3.8) is 0 Å². The Morgan fingerprint density at radius 1 is 1.22 bits per heavy atom. The molecule has 1 N–H and O–H groups in total. The first kappa shape index (κ1) is 25.4. The van der Waals surface area contributed by atoms with Gasteiger partial charge in [0.25, 0.3) is 0 Å². The lowest BCUT2D eigenvalue weighted by Gasteiger charge is -2.12. The zero-order valence-corrected chi connectivity index (χ0v) is 20.9. The van der Waals surface area contributed by atoms with Crippen molar-refractivity contribution in [2.45, 2.75) is 27.0 Å². The van der Waals surface area contributed by atoms with E-state index in [0.29, 0.717) is 46.7 Å². The van der Waals surface area contributed by atoms with Crippen LogP contribution in [0.4, 0.5) is 15.9 Å². The first-order chi connectivity index (χ1) is 17.4. The smallest absolute Gasteiger partial charge is 0.355 e. The normalized spacial score (nSPS) is 11.0. The molecule has 0 aliphatic heterocycles. The fourth-order valence-corrected chi connectivity index (χ4v) is 4.21. The number of halogens is 2. The predicted molar refractivity (Wildman–Crippen MR) is 136 cm³/mol. The quantitative estimate of drug-likeness (QED) is 0.273. The third kappa shape index (κ3) is 5.42. The average Bonchev–Trinajstić information content (AvgIpc) is 3.14. The summed E-state index contributed by atoms with van der Waals surface area (Å²) in [5, 5.41) is 12.8. The molecule has 0 radical (unpaired) electrons. The Kier molecular flexibility index (Phi) is 8.02. The first-order valence-electron chi connectivity index (χ1n) is 11.4. The minimum atomic E-state index is -0.420. The van der Waals surface area contributed by atoms with Crippen molar-refractivity contribution in [2.24, 2.45) is 0 Å². The van der Waals surface area contributed by atoms with Crippen LogP contribution in [0.3, 0.4) is 0 Å². The highest BCUT2D eigenvalue weighted by atomic mass is 35.5. The molecule has 0 aliphatic rings. The van der Waals surface area contributed by atoms with E-state index in [-0.39, 0.29) is 19.0 Å². The van der Waals surface area contributed by atoms with Gasteiger partial charge in [-0.15, -0.1) is 5.10 Å². The highest BCUT2D eigenvalue weighted by Gasteiger charge is 2.24. The zero-order chi connectivity index (χ0) is 25.7. The number of anilines is 2. The lowest BCUT2D eigenvalue weighted by Crippen LogP contribution is -2.15. The molecule has 0 bridgehead atoms. The van der Waals surface area contributed by atoms with Crippen molar-refractivity contribution in [1.29, 1.82) is 0 Å². The number of carbonyl (C=O) groups is 1. The molecular weight excluding hydrogens is 487 g/mol. The summed E-state index contributed by atoms with van der Waals surface area (Å²) in [5.74, 6) is 0.184. The van der Waals surface area contributed by atoms with E-state index in [0.717, 1.165) is 16.5 Å². The van der Waals surface area contributed by atoms with Crippen molar-refractivity contribution in [3.05, 3.63) is 76.3 Å². The van der Waals surface area contributed by atoms with Gasteiger partial charge < -0.3 is 24.1 Å². The van der Waals surface area contributed by atoms with Gasteiger partial charge in [-0.2, -0.15) is 5.10 Å². The molecule has 188 valence electrons. The Morgan fingerprint density at radius 2 is 2.06 bits per heavy atom. The van der Waals surface area contributed by atoms with Crippen LogP contribution < -0.4 is 10.1 Å². The van der Waals surface area contributed by atoms with Gasteiger partial charge in [-0.25, -0.2) is 9.18 Å². The van der Waals surface area contributed by atoms with E-state index in [9.17, 15) is 9.18 Å². The number of nitrogens with one attached hydrogen (secondary N) is 1. The highest BCUT2D eigenvalue weighted by molar-refractivity contribution is 6.32. The number of esters is 1. The van der Waals surface area contributed by atoms with Gasteiger partial charge in [0.1, 0.15) is 23.9 Å². The van der Waals surface area contributed by atoms with Crippen LogP contribution in [0.2, 0.25) is 5.02 Å². The molecule has 10 heteroatoms. The number of aromatic nitrogens is 3. The summed E-state index contributed by atoms with van der Waals surface area (Å²) in [6, 6.07) is 11.4. The van der Waals surface area contributed by atoms with Crippen LogP contribution >= 0.6 is 11.6 Å². The van der Waals surface area contributed by atoms with Crippen LogP contribution in [0.5, 0.6) is 5.75 Å². The van der Waals surface area contributed by atoms with Crippen LogP contribution in [0.1, 0.15) is 28.5 Å². The number of methoxy groups -OCH3 is 1. The molecule has 4 aromatic rings. The summed E-state index contributed by atoms with van der Waals surface area (Å²) in [6.07, 6.45) is 1.61. The van der Waals surface area contributed by atoms with Crippen LogP contribution in [-0.4, -0.2) is 41.1 Å². The number of fused-ring (bicyclic) bond motifs is 1. The Bertz CT molecular complexity index is 1390. The second-order valence-electron chi connectivity index (χ2n) is 7.98. The maximum Gasteiger partial charge on any atom is 0.355 e. The van der Waals surface area contributed by atoms with Gasteiger partial charge in [0, 0.05) is 24.7 Å². The van der Waals surface area contributed by atoms with Crippen molar-refractivity contribution in [3.8, 4) is 5.75 Å². The predicted octanol–water partition coefficient (Wildman–Crippen LogP) is 5.68. The number of hydrogen-bond donors (Lipinski definition) is 1. The monoisotopic (exact) mass is 512 g/mol. The number of ether oxygens (including phenoxy) is 3. The maximum atomic E-state index is 13.4. The van der Waals surface area contributed by atoms with E-state index in [1.54, 1.807) is 50.6 Å². The van der Waals surface area contributed by atoms with Gasteiger partial charge in [0.2, 0.25) is 0 Å². The minimum Gasteiger partial charge on any atom is -0.487 e. The molecule has 0 saturated carbocycles. The second kappa shape index (κ2) is 11.4. The SMILES string of the molecule is CCOC(=O)c1c(C)c2c(Nc3ccc(OCc4cccc(F)c4)c(Cl)c3)nncc2n1CCOC. The van der Waals surface area contributed by atoms with E-state index < -0.39 is 5.97 Å². The molecule has 0 fully saturated rings. The van der Waals surface area contributed by atoms with Crippen LogP contribution in [-0.2, 0) is 22.6 Å². The molecule has 2 aromatic heterocycles. The number of benzene rings is 2. The summed E-state index contributed by atoms with van der Waals surface area (Å²) >= 11 is 6.45. The van der Waals surface area contributed by atoms with Gasteiger partial charge in [0.05, 0.1) is 29.9 Å². The summed E-state index contributed by atoms with van der Waals surface area (Å²) in [4.78, 5) is 12.8. The number of hydrogen-bond acceptors (Lipinski definition) is 7. The maximum absolute atomic E-state index is 13.4. The molecule has 0 unspecified atom stereocenters. The second-order valence-corrected chi connectivity index (χ2v) is 8.39. The largest absolute Gasteiger partial charge is 0.487 e. The van der Waals surface area contributed by atoms with E-state index in [1.165, 1.54) is 12.1 Å². The van der Waals surface area contributed by atoms with Crippen molar-refractivity contribution in [2.75, 3.05) is 25.6 Å². The Hall–Kier alpha value is -3.69. The summed E-state index contributed by atoms with van der Waals surface area (Å²) < 4.78 is 31.5. The molecule has 8 nitrogen and oxygen atoms in total. The molecule has 0 aliphatic carbocycles. The lowest BCUT2D eigenvalue weighted by molar-refractivity contribution is 0.0511. The number of rotatable bonds is 10. The van der Waals surface area contributed by atoms with E-state index >= 15 is 0 Å². The number of nitrogens with zero attached hydrogens (tertiary/aromatic N) is 3. The first-order valence-corrected chi connectivity index (χ1v) is 11.7.